The van der Waals surface area contributed by atoms with E-state index in [1.165, 1.54) is 6.07 Å². The fourth-order valence-electron chi connectivity index (χ4n) is 1.21. The number of anilines is 2. The average molecular weight is 229 g/mol. The highest BCUT2D eigenvalue weighted by Crippen LogP contribution is 2.30. The Hall–Kier alpha value is -2.63. The zero-order valence-electron chi connectivity index (χ0n) is 8.91. The first-order valence-electron chi connectivity index (χ1n) is 4.88. The number of nitrogen functional groups attached to an aromatic ring is 2. The van der Waals surface area contributed by atoms with Gasteiger partial charge in [-0.1, -0.05) is 18.2 Å². The Kier molecular flexibility index (Phi) is 2.87. The third-order valence-corrected chi connectivity index (χ3v) is 2.07. The molecular weight excluding hydrogens is 218 g/mol. The second-order valence-corrected chi connectivity index (χ2v) is 3.33. The molecule has 2 rings (SSSR count). The van der Waals surface area contributed by atoms with Gasteiger partial charge >= 0.3 is 0 Å². The van der Waals surface area contributed by atoms with Crippen LogP contribution in [0.4, 0.5) is 23.0 Å². The maximum absolute atomic E-state index is 9.38. The summed E-state index contributed by atoms with van der Waals surface area (Å²) in [6.07, 6.45) is 0. The number of aromatic hydroxyl groups is 1. The minimum absolute atomic E-state index is 0.0267. The van der Waals surface area contributed by atoms with Crippen LogP contribution in [0.25, 0.3) is 0 Å². The molecule has 0 spiro atoms. The maximum atomic E-state index is 9.38. The van der Waals surface area contributed by atoms with Crippen LogP contribution in [0.3, 0.4) is 0 Å². The van der Waals surface area contributed by atoms with Gasteiger partial charge in [-0.2, -0.15) is 5.11 Å². The maximum Gasteiger partial charge on any atom is 0.168 e. The lowest BCUT2D eigenvalue weighted by Gasteiger charge is -2.01. The number of nitrogens with zero attached hydrogens (tertiary/aromatic N) is 3. The number of azo groups is 1. The van der Waals surface area contributed by atoms with Crippen molar-refractivity contribution in [3.63, 3.8) is 0 Å². The lowest BCUT2D eigenvalue weighted by Crippen LogP contribution is -1.96. The van der Waals surface area contributed by atoms with Gasteiger partial charge in [-0.3, -0.25) is 0 Å². The van der Waals surface area contributed by atoms with Crippen LogP contribution in [0.2, 0.25) is 0 Å². The summed E-state index contributed by atoms with van der Waals surface area (Å²) >= 11 is 0. The molecule has 17 heavy (non-hydrogen) atoms. The first-order chi connectivity index (χ1) is 8.16. The molecule has 0 amide bonds. The van der Waals surface area contributed by atoms with E-state index >= 15 is 0 Å². The van der Waals surface area contributed by atoms with E-state index < -0.39 is 0 Å². The van der Waals surface area contributed by atoms with Crippen LogP contribution in [0.5, 0.6) is 5.75 Å². The molecule has 0 bridgehead atoms. The van der Waals surface area contributed by atoms with Gasteiger partial charge in [0.1, 0.15) is 5.69 Å². The molecule has 0 unspecified atom stereocenters. The van der Waals surface area contributed by atoms with Crippen molar-refractivity contribution in [3.05, 3.63) is 36.4 Å². The second kappa shape index (κ2) is 4.48. The van der Waals surface area contributed by atoms with Gasteiger partial charge in [0.25, 0.3) is 0 Å². The topological polar surface area (TPSA) is 110 Å². The normalized spacial score (nSPS) is 10.8. The van der Waals surface area contributed by atoms with E-state index in [1.807, 2.05) is 18.2 Å². The van der Waals surface area contributed by atoms with Crippen LogP contribution in [-0.4, -0.2) is 10.1 Å². The molecule has 1 aromatic carbocycles. The Morgan fingerprint density at radius 3 is 2.41 bits per heavy atom. The Morgan fingerprint density at radius 2 is 1.71 bits per heavy atom. The summed E-state index contributed by atoms with van der Waals surface area (Å²) in [5.41, 5.74) is 11.9. The molecule has 0 saturated carbocycles. The fraction of sp³-hybridized carbons (Fsp3) is 0. The number of hydrogen-bond acceptors (Lipinski definition) is 6. The summed E-state index contributed by atoms with van der Waals surface area (Å²) < 4.78 is 0. The molecule has 0 saturated heterocycles. The Morgan fingerprint density at radius 1 is 1.00 bits per heavy atom. The molecule has 86 valence electrons. The molecule has 0 atom stereocenters. The van der Waals surface area contributed by atoms with E-state index in [-0.39, 0.29) is 23.1 Å². The van der Waals surface area contributed by atoms with Crippen molar-refractivity contribution in [1.29, 1.82) is 0 Å². The van der Waals surface area contributed by atoms with Gasteiger partial charge in [0.05, 0.1) is 5.69 Å². The number of aromatic nitrogens is 1. The van der Waals surface area contributed by atoms with Crippen molar-refractivity contribution in [2.45, 2.75) is 0 Å². The van der Waals surface area contributed by atoms with Crippen LogP contribution < -0.4 is 11.5 Å². The summed E-state index contributed by atoms with van der Waals surface area (Å²) in [4.78, 5) is 3.74. The zero-order valence-corrected chi connectivity index (χ0v) is 8.91. The van der Waals surface area contributed by atoms with Gasteiger partial charge in [-0.05, 0) is 12.1 Å². The van der Waals surface area contributed by atoms with E-state index in [2.05, 4.69) is 15.2 Å². The van der Waals surface area contributed by atoms with E-state index in [0.717, 1.165) is 0 Å². The molecule has 2 aromatic rings. The Balaban J connectivity index is 2.31. The van der Waals surface area contributed by atoms with Gasteiger partial charge in [0.2, 0.25) is 0 Å². The highest BCUT2D eigenvalue weighted by molar-refractivity contribution is 5.65. The monoisotopic (exact) mass is 229 g/mol. The fourth-order valence-corrected chi connectivity index (χ4v) is 1.21. The molecule has 0 radical (unpaired) electrons. The summed E-state index contributed by atoms with van der Waals surface area (Å²) in [5, 5.41) is 17.2. The Bertz CT molecular complexity index is 553. The SMILES string of the molecule is Nc1nc(N)c(/N=N/c2ccccc2)cc1O. The van der Waals surface area contributed by atoms with Gasteiger partial charge in [0, 0.05) is 6.07 Å². The predicted octanol–water partition coefficient (Wildman–Crippen LogP) is 2.37. The summed E-state index contributed by atoms with van der Waals surface area (Å²) in [7, 11) is 0. The first kappa shape index (κ1) is 10.9. The molecule has 0 fully saturated rings. The van der Waals surface area contributed by atoms with Gasteiger partial charge in [-0.25, -0.2) is 4.98 Å². The Labute approximate surface area is 97.6 Å². The molecule has 6 nitrogen and oxygen atoms in total. The highest BCUT2D eigenvalue weighted by atomic mass is 16.3. The first-order valence-corrected chi connectivity index (χ1v) is 4.88. The molecule has 1 heterocycles. The molecule has 0 aliphatic carbocycles. The summed E-state index contributed by atoms with van der Waals surface area (Å²) in [5.74, 6) is -0.0673. The van der Waals surface area contributed by atoms with Crippen molar-refractivity contribution in [2.75, 3.05) is 11.5 Å². The van der Waals surface area contributed by atoms with Gasteiger partial charge in [-0.15, -0.1) is 5.11 Å². The molecule has 5 N–H and O–H groups in total. The van der Waals surface area contributed by atoms with Crippen LogP contribution in [0.1, 0.15) is 0 Å². The zero-order chi connectivity index (χ0) is 12.3. The van der Waals surface area contributed by atoms with Crippen molar-refractivity contribution >= 4 is 23.0 Å². The summed E-state index contributed by atoms with van der Waals surface area (Å²) in [6.45, 7) is 0. The number of rotatable bonds is 2. The van der Waals surface area contributed by atoms with E-state index in [9.17, 15) is 5.11 Å². The lowest BCUT2D eigenvalue weighted by molar-refractivity contribution is 0.476. The second-order valence-electron chi connectivity index (χ2n) is 3.33. The van der Waals surface area contributed by atoms with Gasteiger partial charge in [0.15, 0.2) is 17.4 Å². The molecular formula is C11H11N5O. The van der Waals surface area contributed by atoms with Crippen LogP contribution in [0.15, 0.2) is 46.6 Å². The number of benzene rings is 1. The lowest BCUT2D eigenvalue weighted by atomic mass is 10.3. The van der Waals surface area contributed by atoms with E-state index in [1.54, 1.807) is 12.1 Å². The minimum atomic E-state index is -0.166. The standard InChI is InChI=1S/C11H11N5O/c12-10-8(6-9(17)11(13)14-10)16-15-7-4-2-1-3-5-7/h1-6,17H,(H4,12,13,14)/b16-15+. The van der Waals surface area contributed by atoms with Crippen molar-refractivity contribution < 1.29 is 5.11 Å². The number of pyridine rings is 1. The molecule has 1 aromatic heterocycles. The summed E-state index contributed by atoms with van der Waals surface area (Å²) in [6, 6.07) is 10.5. The quantitative estimate of drug-likeness (QED) is 0.686. The molecule has 0 aliphatic heterocycles. The average Bonchev–Trinajstić information content (AvgIpc) is 2.33. The third-order valence-electron chi connectivity index (χ3n) is 2.07. The van der Waals surface area contributed by atoms with Crippen LogP contribution >= 0.6 is 0 Å². The smallest absolute Gasteiger partial charge is 0.168 e. The third kappa shape index (κ3) is 2.49. The van der Waals surface area contributed by atoms with Crippen molar-refractivity contribution in [2.24, 2.45) is 10.2 Å². The van der Waals surface area contributed by atoms with Crippen LogP contribution in [0, 0.1) is 0 Å². The highest BCUT2D eigenvalue weighted by Gasteiger charge is 2.05. The van der Waals surface area contributed by atoms with Crippen LogP contribution in [-0.2, 0) is 0 Å². The number of nitrogens with two attached hydrogens (primary N) is 2. The molecule has 0 aliphatic rings. The number of hydrogen-bond donors (Lipinski definition) is 3. The van der Waals surface area contributed by atoms with E-state index in [0.29, 0.717) is 5.69 Å². The molecule has 6 heteroatoms. The van der Waals surface area contributed by atoms with Crippen molar-refractivity contribution in [1.82, 2.24) is 4.98 Å². The van der Waals surface area contributed by atoms with Crippen molar-refractivity contribution in [3.8, 4) is 5.75 Å². The minimum Gasteiger partial charge on any atom is -0.504 e. The van der Waals surface area contributed by atoms with E-state index in [4.69, 9.17) is 11.5 Å². The van der Waals surface area contributed by atoms with Gasteiger partial charge < -0.3 is 16.6 Å². The predicted molar refractivity (Wildman–Crippen MR) is 65.3 cm³/mol. The largest absolute Gasteiger partial charge is 0.504 e.